The summed E-state index contributed by atoms with van der Waals surface area (Å²) in [5, 5.41) is 10.5. The van der Waals surface area contributed by atoms with Crippen molar-refractivity contribution >= 4 is 27.4 Å². The Bertz CT molecular complexity index is 934. The highest BCUT2D eigenvalue weighted by atomic mass is 35.5. The van der Waals surface area contributed by atoms with E-state index in [4.69, 9.17) is 16.3 Å². The molecule has 1 N–H and O–H groups in total. The minimum atomic E-state index is -4.05. The van der Waals surface area contributed by atoms with Crippen LogP contribution in [-0.4, -0.2) is 49.3 Å². The molecular weight excluding hydrogens is 402 g/mol. The Morgan fingerprint density at radius 3 is 2.18 bits per heavy atom. The van der Waals surface area contributed by atoms with Crippen LogP contribution < -0.4 is 4.74 Å². The van der Waals surface area contributed by atoms with Gasteiger partial charge in [0.05, 0.1) is 12.0 Å². The van der Waals surface area contributed by atoms with E-state index in [0.29, 0.717) is 30.4 Å². The minimum absolute atomic E-state index is 0.00171. The van der Waals surface area contributed by atoms with Crippen LogP contribution in [0.4, 0.5) is 0 Å². The Kier molecular flexibility index (Phi) is 5.98. The molecule has 6 nitrogen and oxygen atoms in total. The van der Waals surface area contributed by atoms with Gasteiger partial charge in [-0.1, -0.05) is 23.7 Å². The first-order valence-electron chi connectivity index (χ1n) is 8.87. The van der Waals surface area contributed by atoms with E-state index in [9.17, 15) is 18.3 Å². The monoisotopic (exact) mass is 423 g/mol. The molecule has 0 atom stereocenters. The van der Waals surface area contributed by atoms with Crippen LogP contribution >= 0.6 is 11.6 Å². The normalized spacial score (nSPS) is 17.2. The van der Waals surface area contributed by atoms with Gasteiger partial charge in [-0.2, -0.15) is 0 Å². The highest BCUT2D eigenvalue weighted by Gasteiger charge is 2.53. The van der Waals surface area contributed by atoms with Crippen molar-refractivity contribution in [2.45, 2.75) is 29.0 Å². The first kappa shape index (κ1) is 20.6. The van der Waals surface area contributed by atoms with Crippen molar-refractivity contribution in [1.82, 2.24) is 4.90 Å². The second kappa shape index (κ2) is 8.11. The number of hydrogen-bond acceptors (Lipinski definition) is 5. The number of nitrogens with zero attached hydrogens (tertiary/aromatic N) is 1. The number of ether oxygens (including phenoxy) is 1. The second-order valence-corrected chi connectivity index (χ2v) is 9.58. The molecule has 28 heavy (non-hydrogen) atoms. The topological polar surface area (TPSA) is 83.9 Å². The SMILES string of the molecule is COc1ccc(S(=O)(=O)C2(C(=O)O)CCN(Cc3ccc(Cl)cc3)CC2)cc1. The molecular formula is C20H22ClNO5S. The smallest absolute Gasteiger partial charge is 0.325 e. The summed E-state index contributed by atoms with van der Waals surface area (Å²) in [5.41, 5.74) is 1.05. The molecule has 2 aromatic carbocycles. The molecule has 150 valence electrons. The molecule has 1 saturated heterocycles. The third kappa shape index (κ3) is 3.87. The summed E-state index contributed by atoms with van der Waals surface area (Å²) in [4.78, 5) is 14.2. The zero-order valence-electron chi connectivity index (χ0n) is 15.5. The Morgan fingerprint density at radius 1 is 1.11 bits per heavy atom. The predicted molar refractivity (Wildman–Crippen MR) is 107 cm³/mol. The van der Waals surface area contributed by atoms with Crippen molar-refractivity contribution in [2.75, 3.05) is 20.2 Å². The van der Waals surface area contributed by atoms with Crippen molar-refractivity contribution in [3.63, 3.8) is 0 Å². The predicted octanol–water partition coefficient (Wildman–Crippen LogP) is 3.24. The van der Waals surface area contributed by atoms with E-state index >= 15 is 0 Å². The van der Waals surface area contributed by atoms with Crippen LogP contribution in [0.25, 0.3) is 0 Å². The van der Waals surface area contributed by atoms with E-state index in [1.165, 1.54) is 31.4 Å². The summed E-state index contributed by atoms with van der Waals surface area (Å²) in [6.45, 7) is 1.38. The van der Waals surface area contributed by atoms with Gasteiger partial charge in [-0.15, -0.1) is 0 Å². The molecule has 0 aliphatic carbocycles. The highest BCUT2D eigenvalue weighted by molar-refractivity contribution is 7.93. The third-order valence-electron chi connectivity index (χ3n) is 5.26. The van der Waals surface area contributed by atoms with E-state index < -0.39 is 20.6 Å². The number of hydrogen-bond donors (Lipinski definition) is 1. The molecule has 0 aromatic heterocycles. The largest absolute Gasteiger partial charge is 0.497 e. The fraction of sp³-hybridized carbons (Fsp3) is 0.350. The van der Waals surface area contributed by atoms with Gasteiger partial charge in [-0.3, -0.25) is 9.69 Å². The molecule has 1 aliphatic heterocycles. The number of methoxy groups -OCH3 is 1. The number of benzene rings is 2. The van der Waals surface area contributed by atoms with Crippen LogP contribution in [0.1, 0.15) is 18.4 Å². The van der Waals surface area contributed by atoms with E-state index in [1.54, 1.807) is 12.1 Å². The molecule has 0 bridgehead atoms. The number of aliphatic carboxylic acids is 1. The van der Waals surface area contributed by atoms with E-state index in [2.05, 4.69) is 4.90 Å². The lowest BCUT2D eigenvalue weighted by molar-refractivity contribution is -0.141. The summed E-state index contributed by atoms with van der Waals surface area (Å²) in [6.07, 6.45) is 0.0641. The summed E-state index contributed by atoms with van der Waals surface area (Å²) < 4.78 is 29.6. The molecule has 8 heteroatoms. The van der Waals surface area contributed by atoms with Gasteiger partial charge in [0.15, 0.2) is 14.6 Å². The van der Waals surface area contributed by atoms with Gasteiger partial charge in [0, 0.05) is 24.7 Å². The molecule has 0 amide bonds. The fourth-order valence-corrected chi connectivity index (χ4v) is 5.52. The summed E-state index contributed by atoms with van der Waals surface area (Å²) >= 11 is 5.90. The van der Waals surface area contributed by atoms with Crippen molar-refractivity contribution in [1.29, 1.82) is 0 Å². The van der Waals surface area contributed by atoms with Crippen LogP contribution in [0.2, 0.25) is 5.02 Å². The first-order chi connectivity index (χ1) is 13.3. The van der Waals surface area contributed by atoms with Crippen LogP contribution in [0, 0.1) is 0 Å². The van der Waals surface area contributed by atoms with Gasteiger partial charge < -0.3 is 9.84 Å². The van der Waals surface area contributed by atoms with Crippen molar-refractivity contribution in [3.05, 3.63) is 59.1 Å². The number of halogens is 1. The molecule has 0 saturated carbocycles. The highest BCUT2D eigenvalue weighted by Crippen LogP contribution is 2.36. The number of rotatable bonds is 6. The number of carboxylic acid groups (broad SMARTS) is 1. The molecule has 0 unspecified atom stereocenters. The van der Waals surface area contributed by atoms with E-state index in [-0.39, 0.29) is 17.7 Å². The molecule has 0 spiro atoms. The van der Waals surface area contributed by atoms with Gasteiger partial charge in [-0.05, 0) is 54.8 Å². The van der Waals surface area contributed by atoms with Crippen LogP contribution in [0.3, 0.4) is 0 Å². The minimum Gasteiger partial charge on any atom is -0.497 e. The average molecular weight is 424 g/mol. The maximum absolute atomic E-state index is 13.2. The zero-order valence-corrected chi connectivity index (χ0v) is 17.0. The molecule has 1 fully saturated rings. The molecule has 1 heterocycles. The Balaban J connectivity index is 1.79. The lowest BCUT2D eigenvalue weighted by Gasteiger charge is -2.38. The van der Waals surface area contributed by atoms with Crippen molar-refractivity contribution in [2.24, 2.45) is 0 Å². The average Bonchev–Trinajstić information content (AvgIpc) is 2.70. The van der Waals surface area contributed by atoms with Gasteiger partial charge in [0.25, 0.3) is 0 Å². The standard InChI is InChI=1S/C20H22ClNO5S/c1-27-17-6-8-18(9-7-17)28(25,26)20(19(23)24)10-12-22(13-11-20)14-15-2-4-16(21)5-3-15/h2-9H,10-14H2,1H3,(H,23,24). The lowest BCUT2D eigenvalue weighted by atomic mass is 9.95. The Hall–Kier alpha value is -2.09. The van der Waals surface area contributed by atoms with Gasteiger partial charge in [0.1, 0.15) is 5.75 Å². The van der Waals surface area contributed by atoms with Crippen molar-refractivity contribution in [3.8, 4) is 5.75 Å². The fourth-order valence-electron chi connectivity index (χ4n) is 3.50. The summed E-state index contributed by atoms with van der Waals surface area (Å²) in [5.74, 6) is -0.782. The van der Waals surface area contributed by atoms with Crippen LogP contribution in [0.15, 0.2) is 53.4 Å². The quantitative estimate of drug-likeness (QED) is 0.767. The molecule has 1 aliphatic rings. The maximum atomic E-state index is 13.2. The molecule has 0 radical (unpaired) electrons. The number of sulfone groups is 1. The second-order valence-electron chi connectivity index (χ2n) is 6.88. The van der Waals surface area contributed by atoms with E-state index in [1.807, 2.05) is 12.1 Å². The first-order valence-corrected chi connectivity index (χ1v) is 10.7. The molecule has 2 aromatic rings. The van der Waals surface area contributed by atoms with Crippen LogP contribution in [-0.2, 0) is 21.2 Å². The van der Waals surface area contributed by atoms with Gasteiger partial charge in [0.2, 0.25) is 0 Å². The number of carboxylic acids is 1. The third-order valence-corrected chi connectivity index (χ3v) is 8.01. The van der Waals surface area contributed by atoms with E-state index in [0.717, 1.165) is 5.56 Å². The zero-order chi connectivity index (χ0) is 20.4. The number of likely N-dealkylation sites (tertiary alicyclic amines) is 1. The number of carbonyl (C=O) groups is 1. The van der Waals surface area contributed by atoms with Gasteiger partial charge in [-0.25, -0.2) is 8.42 Å². The lowest BCUT2D eigenvalue weighted by Crippen LogP contribution is -2.54. The Morgan fingerprint density at radius 2 is 1.68 bits per heavy atom. The van der Waals surface area contributed by atoms with Crippen molar-refractivity contribution < 1.29 is 23.1 Å². The van der Waals surface area contributed by atoms with Crippen LogP contribution in [0.5, 0.6) is 5.75 Å². The Labute approximate surface area is 169 Å². The molecule has 3 rings (SSSR count). The van der Waals surface area contributed by atoms with Gasteiger partial charge >= 0.3 is 5.97 Å². The number of piperidine rings is 1. The maximum Gasteiger partial charge on any atom is 0.325 e. The summed E-state index contributed by atoms with van der Waals surface area (Å²) in [7, 11) is -2.56. The summed E-state index contributed by atoms with van der Waals surface area (Å²) in [6, 6.07) is 13.3.